The number of aliphatic hydroxyl groups is 1. The third-order valence-electron chi connectivity index (χ3n) is 3.31. The largest absolute Gasteiger partial charge is 0.494 e. The van der Waals surface area contributed by atoms with Gasteiger partial charge in [-0.1, -0.05) is 32.9 Å². The molecule has 1 N–H and O–H groups in total. The van der Waals surface area contributed by atoms with E-state index < -0.39 is 12.0 Å². The Kier molecular flexibility index (Phi) is 7.23. The Morgan fingerprint density at radius 3 is 2.29 bits per heavy atom. The average Bonchev–Trinajstić information content (AvgIpc) is 2.45. The minimum absolute atomic E-state index is 0.00457. The molecule has 4 nitrogen and oxygen atoms in total. The van der Waals surface area contributed by atoms with Crippen LogP contribution in [0.25, 0.3) is 0 Å². The van der Waals surface area contributed by atoms with Crippen LogP contribution in [0.15, 0.2) is 24.3 Å². The highest BCUT2D eigenvalue weighted by atomic mass is 16.5. The summed E-state index contributed by atoms with van der Waals surface area (Å²) in [5.74, 6) is -0.154. The van der Waals surface area contributed by atoms with Gasteiger partial charge in [0.25, 0.3) is 0 Å². The van der Waals surface area contributed by atoms with Crippen molar-refractivity contribution in [3.05, 3.63) is 29.8 Å². The lowest BCUT2D eigenvalue weighted by molar-refractivity contribution is -0.154. The lowest BCUT2D eigenvalue weighted by atomic mass is 9.86. The van der Waals surface area contributed by atoms with E-state index in [1.54, 1.807) is 19.1 Å². The Morgan fingerprint density at radius 2 is 1.81 bits per heavy atom. The van der Waals surface area contributed by atoms with Crippen molar-refractivity contribution in [2.45, 2.75) is 40.2 Å². The van der Waals surface area contributed by atoms with Crippen molar-refractivity contribution in [1.29, 1.82) is 0 Å². The molecule has 4 heteroatoms. The van der Waals surface area contributed by atoms with Gasteiger partial charge in [0.05, 0.1) is 25.2 Å². The van der Waals surface area contributed by atoms with E-state index in [4.69, 9.17) is 9.47 Å². The van der Waals surface area contributed by atoms with E-state index in [1.807, 2.05) is 32.9 Å². The fourth-order valence-corrected chi connectivity index (χ4v) is 2.19. The predicted octanol–water partition coefficient (Wildman–Crippen LogP) is 3.34. The maximum absolute atomic E-state index is 12.0. The van der Waals surface area contributed by atoms with Crippen LogP contribution in [0.3, 0.4) is 0 Å². The standard InChI is InChI=1S/C17H26O4/c1-5-11-21-14-9-7-13(8-10-14)16(18)15(12(3)4)17(19)20-6-2/h7-10,12,15-16,18H,5-6,11H2,1-4H3. The summed E-state index contributed by atoms with van der Waals surface area (Å²) < 4.78 is 10.6. The molecule has 0 bridgehead atoms. The molecule has 0 aromatic heterocycles. The smallest absolute Gasteiger partial charge is 0.312 e. The van der Waals surface area contributed by atoms with Gasteiger partial charge in [-0.2, -0.15) is 0 Å². The van der Waals surface area contributed by atoms with Gasteiger partial charge in [-0.25, -0.2) is 0 Å². The van der Waals surface area contributed by atoms with Crippen LogP contribution >= 0.6 is 0 Å². The fraction of sp³-hybridized carbons (Fsp3) is 0.588. The van der Waals surface area contributed by atoms with Gasteiger partial charge in [0.15, 0.2) is 0 Å². The van der Waals surface area contributed by atoms with E-state index in [1.165, 1.54) is 0 Å². The zero-order valence-corrected chi connectivity index (χ0v) is 13.3. The van der Waals surface area contributed by atoms with Crippen LogP contribution in [0.1, 0.15) is 45.8 Å². The van der Waals surface area contributed by atoms with Crippen LogP contribution in [-0.2, 0) is 9.53 Å². The number of carbonyl (C=O) groups excluding carboxylic acids is 1. The molecule has 0 amide bonds. The van der Waals surface area contributed by atoms with E-state index in [2.05, 4.69) is 0 Å². The SMILES string of the molecule is CCCOc1ccc(C(O)C(C(=O)OCC)C(C)C)cc1. The molecule has 0 aliphatic rings. The van der Waals surface area contributed by atoms with E-state index in [-0.39, 0.29) is 11.9 Å². The minimum Gasteiger partial charge on any atom is -0.494 e. The summed E-state index contributed by atoms with van der Waals surface area (Å²) >= 11 is 0. The Hall–Kier alpha value is -1.55. The van der Waals surface area contributed by atoms with Gasteiger partial charge in [0.1, 0.15) is 5.75 Å². The second-order valence-electron chi connectivity index (χ2n) is 5.38. The molecule has 0 radical (unpaired) electrons. The maximum Gasteiger partial charge on any atom is 0.312 e. The fourth-order valence-electron chi connectivity index (χ4n) is 2.19. The van der Waals surface area contributed by atoms with Gasteiger partial charge in [-0.15, -0.1) is 0 Å². The molecule has 118 valence electrons. The van der Waals surface area contributed by atoms with Crippen molar-refractivity contribution < 1.29 is 19.4 Å². The monoisotopic (exact) mass is 294 g/mol. The molecule has 0 aliphatic carbocycles. The molecule has 0 saturated heterocycles. The van der Waals surface area contributed by atoms with Crippen molar-refractivity contribution in [3.63, 3.8) is 0 Å². The van der Waals surface area contributed by atoms with E-state index in [0.717, 1.165) is 12.2 Å². The minimum atomic E-state index is -0.871. The first kappa shape index (κ1) is 17.5. The van der Waals surface area contributed by atoms with Crippen LogP contribution in [0.4, 0.5) is 0 Å². The Morgan fingerprint density at radius 1 is 1.19 bits per heavy atom. The summed E-state index contributed by atoms with van der Waals surface area (Å²) in [5.41, 5.74) is 0.700. The second-order valence-corrected chi connectivity index (χ2v) is 5.38. The summed E-state index contributed by atoms with van der Waals surface area (Å²) in [4.78, 5) is 12.0. The maximum atomic E-state index is 12.0. The number of hydrogen-bond donors (Lipinski definition) is 1. The number of hydrogen-bond acceptors (Lipinski definition) is 4. The summed E-state index contributed by atoms with van der Waals surface area (Å²) in [6.07, 6.45) is 0.0760. The third-order valence-corrected chi connectivity index (χ3v) is 3.31. The van der Waals surface area contributed by atoms with Crippen molar-refractivity contribution in [1.82, 2.24) is 0 Å². The highest BCUT2D eigenvalue weighted by Gasteiger charge is 2.32. The number of aliphatic hydroxyl groups excluding tert-OH is 1. The zero-order chi connectivity index (χ0) is 15.8. The first-order valence-corrected chi connectivity index (χ1v) is 7.58. The molecule has 2 atom stereocenters. The molecule has 21 heavy (non-hydrogen) atoms. The quantitative estimate of drug-likeness (QED) is 0.747. The number of benzene rings is 1. The molecule has 0 aliphatic heterocycles. The molecule has 0 saturated carbocycles. The van der Waals surface area contributed by atoms with Crippen LogP contribution in [0, 0.1) is 11.8 Å². The molecular weight excluding hydrogens is 268 g/mol. The number of rotatable bonds is 8. The molecule has 0 spiro atoms. The Bertz CT molecular complexity index is 425. The summed E-state index contributed by atoms with van der Waals surface area (Å²) in [7, 11) is 0. The Labute approximate surface area is 127 Å². The number of carbonyl (C=O) groups is 1. The lowest BCUT2D eigenvalue weighted by Crippen LogP contribution is -2.29. The van der Waals surface area contributed by atoms with Crippen LogP contribution < -0.4 is 4.74 Å². The summed E-state index contributed by atoms with van der Waals surface area (Å²) in [6.45, 7) is 8.61. The van der Waals surface area contributed by atoms with Crippen molar-refractivity contribution in [2.75, 3.05) is 13.2 Å². The molecule has 1 rings (SSSR count). The highest BCUT2D eigenvalue weighted by Crippen LogP contribution is 2.30. The molecule has 1 aromatic rings. The number of ether oxygens (including phenoxy) is 2. The van der Waals surface area contributed by atoms with Gasteiger partial charge in [-0.3, -0.25) is 4.79 Å². The summed E-state index contributed by atoms with van der Waals surface area (Å²) in [6, 6.07) is 7.22. The van der Waals surface area contributed by atoms with Gasteiger partial charge in [0, 0.05) is 0 Å². The van der Waals surface area contributed by atoms with Crippen molar-refractivity contribution in [2.24, 2.45) is 11.8 Å². The van der Waals surface area contributed by atoms with Crippen LogP contribution in [0.5, 0.6) is 5.75 Å². The van der Waals surface area contributed by atoms with Crippen molar-refractivity contribution in [3.8, 4) is 5.75 Å². The second kappa shape index (κ2) is 8.67. The third kappa shape index (κ3) is 5.05. The molecule has 2 unspecified atom stereocenters. The average molecular weight is 294 g/mol. The first-order valence-electron chi connectivity index (χ1n) is 7.58. The van der Waals surface area contributed by atoms with E-state index in [9.17, 15) is 9.90 Å². The van der Waals surface area contributed by atoms with E-state index in [0.29, 0.717) is 18.8 Å². The first-order chi connectivity index (χ1) is 10.0. The van der Waals surface area contributed by atoms with Crippen molar-refractivity contribution >= 4 is 5.97 Å². The van der Waals surface area contributed by atoms with Gasteiger partial charge in [0.2, 0.25) is 0 Å². The van der Waals surface area contributed by atoms with E-state index >= 15 is 0 Å². The lowest BCUT2D eigenvalue weighted by Gasteiger charge is -2.24. The predicted molar refractivity (Wildman–Crippen MR) is 82.1 cm³/mol. The molecular formula is C17H26O4. The molecule has 0 heterocycles. The van der Waals surface area contributed by atoms with Crippen LogP contribution in [0.2, 0.25) is 0 Å². The molecule has 0 fully saturated rings. The normalized spacial score (nSPS) is 13.8. The highest BCUT2D eigenvalue weighted by molar-refractivity contribution is 5.73. The Balaban J connectivity index is 2.83. The van der Waals surface area contributed by atoms with Gasteiger partial charge in [-0.05, 0) is 37.0 Å². The topological polar surface area (TPSA) is 55.8 Å². The van der Waals surface area contributed by atoms with Crippen LogP contribution in [-0.4, -0.2) is 24.3 Å². The zero-order valence-electron chi connectivity index (χ0n) is 13.3. The number of esters is 1. The van der Waals surface area contributed by atoms with Gasteiger partial charge >= 0.3 is 5.97 Å². The summed E-state index contributed by atoms with van der Waals surface area (Å²) in [5, 5.41) is 10.5. The molecule has 1 aromatic carbocycles. The van der Waals surface area contributed by atoms with Gasteiger partial charge < -0.3 is 14.6 Å².